The number of fused-ring (bicyclic) bond motifs is 2. The van der Waals surface area contributed by atoms with E-state index < -0.39 is 0 Å². The first-order valence-electron chi connectivity index (χ1n) is 14.2. The van der Waals surface area contributed by atoms with Gasteiger partial charge in [0.15, 0.2) is 0 Å². The number of hydrogen-bond donors (Lipinski definition) is 0. The lowest BCUT2D eigenvalue weighted by Gasteiger charge is -2.18. The normalized spacial score (nSPS) is 19.6. The first kappa shape index (κ1) is 25.4. The van der Waals surface area contributed by atoms with Gasteiger partial charge in [0.1, 0.15) is 5.75 Å². The van der Waals surface area contributed by atoms with E-state index in [2.05, 4.69) is 65.5 Å². The van der Waals surface area contributed by atoms with Crippen molar-refractivity contribution in [3.05, 3.63) is 90.5 Å². The molecule has 2 heterocycles. The fraction of sp³-hybridized carbons (Fsp3) is 0.294. The Kier molecular flexibility index (Phi) is 6.30. The van der Waals surface area contributed by atoms with Crippen LogP contribution in [0.15, 0.2) is 93.8 Å². The molecule has 7 heteroatoms. The van der Waals surface area contributed by atoms with Crippen molar-refractivity contribution in [3.63, 3.8) is 0 Å². The molecule has 3 unspecified atom stereocenters. The maximum Gasteiger partial charge on any atom is 0.248 e. The lowest BCUT2D eigenvalue weighted by Crippen LogP contribution is -2.16. The molecule has 0 N–H and O–H groups in total. The Bertz CT molecular complexity index is 1710. The third-order valence-electron chi connectivity index (χ3n) is 8.17. The second-order valence-electron chi connectivity index (χ2n) is 12.1. The van der Waals surface area contributed by atoms with Crippen LogP contribution in [-0.2, 0) is 5.41 Å². The number of allylic oxidation sites excluding steroid dienone is 2. The first-order valence-corrected chi connectivity index (χ1v) is 14.2. The van der Waals surface area contributed by atoms with Crippen LogP contribution in [0.2, 0.25) is 0 Å². The fourth-order valence-corrected chi connectivity index (χ4v) is 5.82. The molecule has 7 rings (SSSR count). The number of hydrogen-bond acceptors (Lipinski definition) is 7. The van der Waals surface area contributed by atoms with E-state index in [1.54, 1.807) is 0 Å². The standard InChI is InChI=1S/C34H32N4O3/c1-34(2,3)28-14-12-22(13-15-28)30-35-36-31(40-30)24-6-4-7-25(18-24)32-37-38-33(41-32)26-8-5-9-29(19-26)39-20-27-17-21-10-11-23(27)16-21/h4-15,18-19,21,23,27H,16-17,20H2,1-3H3. The highest BCUT2D eigenvalue weighted by atomic mass is 16.5. The summed E-state index contributed by atoms with van der Waals surface area (Å²) in [6.07, 6.45) is 7.22. The molecule has 0 radical (unpaired) electrons. The minimum Gasteiger partial charge on any atom is -0.493 e. The minimum absolute atomic E-state index is 0.0803. The van der Waals surface area contributed by atoms with Gasteiger partial charge in [-0.15, -0.1) is 20.4 Å². The lowest BCUT2D eigenvalue weighted by atomic mass is 9.87. The summed E-state index contributed by atoms with van der Waals surface area (Å²) in [5.41, 5.74) is 4.58. The van der Waals surface area contributed by atoms with Gasteiger partial charge in [-0.25, -0.2) is 0 Å². The van der Waals surface area contributed by atoms with Crippen LogP contribution in [0.4, 0.5) is 0 Å². The maximum atomic E-state index is 6.17. The van der Waals surface area contributed by atoms with Gasteiger partial charge in [-0.1, -0.05) is 57.2 Å². The van der Waals surface area contributed by atoms with Gasteiger partial charge >= 0.3 is 0 Å². The van der Waals surface area contributed by atoms with Crippen molar-refractivity contribution in [1.29, 1.82) is 0 Å². The van der Waals surface area contributed by atoms with Crippen molar-refractivity contribution >= 4 is 0 Å². The topological polar surface area (TPSA) is 87.1 Å². The first-order chi connectivity index (χ1) is 19.9. The summed E-state index contributed by atoms with van der Waals surface area (Å²) < 4.78 is 18.3. The van der Waals surface area contributed by atoms with Crippen LogP contribution in [0.5, 0.6) is 5.75 Å². The summed E-state index contributed by atoms with van der Waals surface area (Å²) in [6, 6.07) is 23.8. The molecule has 0 aliphatic heterocycles. The summed E-state index contributed by atoms with van der Waals surface area (Å²) in [6.45, 7) is 7.30. The van der Waals surface area contributed by atoms with Crippen LogP contribution >= 0.6 is 0 Å². The van der Waals surface area contributed by atoms with Crippen molar-refractivity contribution in [3.8, 4) is 51.6 Å². The molecule has 2 aliphatic rings. The Hall–Kier alpha value is -4.52. The molecule has 7 nitrogen and oxygen atoms in total. The summed E-state index contributed by atoms with van der Waals surface area (Å²) in [7, 11) is 0. The monoisotopic (exact) mass is 544 g/mol. The van der Waals surface area contributed by atoms with Gasteiger partial charge in [0, 0.05) is 22.3 Å². The van der Waals surface area contributed by atoms with Crippen LogP contribution in [0.25, 0.3) is 45.8 Å². The molecule has 0 saturated heterocycles. The van der Waals surface area contributed by atoms with Crippen LogP contribution in [0.1, 0.15) is 39.2 Å². The minimum atomic E-state index is 0.0803. The van der Waals surface area contributed by atoms with Crippen molar-refractivity contribution in [2.24, 2.45) is 17.8 Å². The smallest absolute Gasteiger partial charge is 0.248 e. The van der Waals surface area contributed by atoms with Gasteiger partial charge in [-0.3, -0.25) is 0 Å². The zero-order valence-electron chi connectivity index (χ0n) is 23.4. The predicted octanol–water partition coefficient (Wildman–Crippen LogP) is 8.01. The molecule has 5 aromatic rings. The Morgan fingerprint density at radius 1 is 0.683 bits per heavy atom. The number of nitrogens with zero attached hydrogens (tertiary/aromatic N) is 4. The number of ether oxygens (including phenoxy) is 1. The van der Waals surface area contributed by atoms with E-state index in [1.165, 1.54) is 18.4 Å². The van der Waals surface area contributed by atoms with E-state index in [0.29, 0.717) is 35.4 Å². The lowest BCUT2D eigenvalue weighted by molar-refractivity contribution is 0.228. The maximum absolute atomic E-state index is 6.17. The van der Waals surface area contributed by atoms with Gasteiger partial charge in [0.2, 0.25) is 23.6 Å². The van der Waals surface area contributed by atoms with Crippen molar-refractivity contribution in [1.82, 2.24) is 20.4 Å². The molecule has 41 heavy (non-hydrogen) atoms. The van der Waals surface area contributed by atoms with Crippen molar-refractivity contribution in [2.45, 2.75) is 39.0 Å². The van der Waals surface area contributed by atoms with E-state index in [4.69, 9.17) is 13.6 Å². The van der Waals surface area contributed by atoms with Gasteiger partial charge < -0.3 is 13.6 Å². The average molecular weight is 545 g/mol. The fourth-order valence-electron chi connectivity index (χ4n) is 5.82. The van der Waals surface area contributed by atoms with Crippen LogP contribution < -0.4 is 4.74 Å². The van der Waals surface area contributed by atoms with E-state index in [1.807, 2.05) is 60.7 Å². The summed E-state index contributed by atoms with van der Waals surface area (Å²) in [5, 5.41) is 17.2. The molecule has 1 saturated carbocycles. The molecule has 3 aromatic carbocycles. The molecular weight excluding hydrogens is 512 g/mol. The van der Waals surface area contributed by atoms with Crippen LogP contribution in [-0.4, -0.2) is 27.0 Å². The number of rotatable bonds is 7. The van der Waals surface area contributed by atoms with Gasteiger partial charge in [0.05, 0.1) is 6.61 Å². The largest absolute Gasteiger partial charge is 0.493 e. The summed E-state index contributed by atoms with van der Waals surface area (Å²) in [5.74, 6) is 4.58. The number of benzene rings is 3. The molecule has 0 spiro atoms. The van der Waals surface area contributed by atoms with E-state index in [-0.39, 0.29) is 5.41 Å². The zero-order chi connectivity index (χ0) is 28.0. The second-order valence-corrected chi connectivity index (χ2v) is 12.1. The van der Waals surface area contributed by atoms with Crippen molar-refractivity contribution in [2.75, 3.05) is 6.61 Å². The summed E-state index contributed by atoms with van der Waals surface area (Å²) >= 11 is 0. The molecular formula is C34H32N4O3. The van der Waals surface area contributed by atoms with Gasteiger partial charge in [-0.05, 0) is 90.1 Å². The predicted molar refractivity (Wildman–Crippen MR) is 157 cm³/mol. The molecule has 2 aromatic heterocycles. The SMILES string of the molecule is CC(C)(C)c1ccc(-c2nnc(-c3cccc(-c4nnc(-c5cccc(OCC6CC7C=CC6C7)c5)o4)c3)o2)cc1. The van der Waals surface area contributed by atoms with Gasteiger partial charge in [-0.2, -0.15) is 0 Å². The van der Waals surface area contributed by atoms with E-state index >= 15 is 0 Å². The average Bonchev–Trinajstić information content (AvgIpc) is 3.81. The molecule has 0 amide bonds. The third kappa shape index (κ3) is 5.20. The highest BCUT2D eigenvalue weighted by Crippen LogP contribution is 2.43. The highest BCUT2D eigenvalue weighted by Gasteiger charge is 2.35. The van der Waals surface area contributed by atoms with E-state index in [0.717, 1.165) is 40.5 Å². The number of aromatic nitrogens is 4. The Morgan fingerprint density at radius 2 is 1.27 bits per heavy atom. The van der Waals surface area contributed by atoms with Gasteiger partial charge in [0.25, 0.3) is 0 Å². The molecule has 2 bridgehead atoms. The second kappa shape index (κ2) is 10.1. The third-order valence-corrected chi connectivity index (χ3v) is 8.17. The van der Waals surface area contributed by atoms with Crippen LogP contribution in [0, 0.1) is 17.8 Å². The highest BCUT2D eigenvalue weighted by molar-refractivity contribution is 5.66. The zero-order valence-corrected chi connectivity index (χ0v) is 23.4. The summed E-state index contributed by atoms with van der Waals surface area (Å²) in [4.78, 5) is 0. The molecule has 1 fully saturated rings. The Balaban J connectivity index is 1.06. The molecule has 206 valence electrons. The van der Waals surface area contributed by atoms with Crippen LogP contribution in [0.3, 0.4) is 0 Å². The molecule has 2 aliphatic carbocycles. The Morgan fingerprint density at radius 3 is 1.83 bits per heavy atom. The quantitative estimate of drug-likeness (QED) is 0.192. The molecule has 3 atom stereocenters. The Labute approximate surface area is 239 Å². The van der Waals surface area contributed by atoms with E-state index in [9.17, 15) is 0 Å². The van der Waals surface area contributed by atoms with Crippen molar-refractivity contribution < 1.29 is 13.6 Å².